The van der Waals surface area contributed by atoms with Crippen LogP contribution < -0.4 is 0 Å². The predicted molar refractivity (Wildman–Crippen MR) is 89.5 cm³/mol. The second-order valence-electron chi connectivity index (χ2n) is 6.42. The van der Waals surface area contributed by atoms with Crippen LogP contribution in [0.5, 0.6) is 0 Å². The van der Waals surface area contributed by atoms with Gasteiger partial charge in [0.2, 0.25) is 5.91 Å². The van der Waals surface area contributed by atoms with Crippen LogP contribution in [0, 0.1) is 0 Å². The second-order valence-corrected chi connectivity index (χ2v) is 7.71. The van der Waals surface area contributed by atoms with Crippen molar-refractivity contribution in [1.82, 2.24) is 34.9 Å². The fraction of sp³-hybridized carbons (Fsp3) is 0.667. The molecular weight excluding hydrogens is 326 g/mol. The summed E-state index contributed by atoms with van der Waals surface area (Å²) in [4.78, 5) is 15.7. The number of hydrogen-bond acceptors (Lipinski definition) is 6. The topological polar surface area (TPSA) is 81.7 Å². The van der Waals surface area contributed by atoms with Gasteiger partial charge >= 0.3 is 0 Å². The van der Waals surface area contributed by atoms with E-state index in [1.54, 1.807) is 17.2 Å². The van der Waals surface area contributed by atoms with Crippen LogP contribution in [-0.4, -0.2) is 64.9 Å². The number of likely N-dealkylation sites (tertiary alicyclic amines) is 1. The van der Waals surface area contributed by atoms with Gasteiger partial charge in [0.15, 0.2) is 0 Å². The summed E-state index contributed by atoms with van der Waals surface area (Å²) in [7, 11) is 0. The molecule has 0 aromatic carbocycles. The van der Waals surface area contributed by atoms with Crippen molar-refractivity contribution < 1.29 is 4.79 Å². The van der Waals surface area contributed by atoms with E-state index in [0.29, 0.717) is 17.5 Å². The molecule has 8 nitrogen and oxygen atoms in total. The van der Waals surface area contributed by atoms with E-state index in [-0.39, 0.29) is 11.9 Å². The molecule has 9 heteroatoms. The lowest BCUT2D eigenvalue weighted by atomic mass is 10.1. The summed E-state index contributed by atoms with van der Waals surface area (Å²) in [6, 6.07) is 0.234. The lowest BCUT2D eigenvalue weighted by molar-refractivity contribution is -0.134. The van der Waals surface area contributed by atoms with Gasteiger partial charge in [0, 0.05) is 18.3 Å². The van der Waals surface area contributed by atoms with Crippen molar-refractivity contribution in [3.8, 4) is 0 Å². The van der Waals surface area contributed by atoms with Crippen LogP contribution in [0.15, 0.2) is 18.6 Å². The normalized spacial score (nSPS) is 18.9. The first-order valence-corrected chi connectivity index (χ1v) is 9.47. The van der Waals surface area contributed by atoms with E-state index >= 15 is 0 Å². The molecule has 0 atom stereocenters. The van der Waals surface area contributed by atoms with Crippen molar-refractivity contribution in [1.29, 1.82) is 0 Å². The number of aromatic nitrogens is 6. The molecule has 1 saturated carbocycles. The molecule has 1 aliphatic heterocycles. The van der Waals surface area contributed by atoms with Gasteiger partial charge in [-0.15, -0.1) is 16.9 Å². The standard InChI is InChI=1S/C15H21N7OS/c23-15(11-24-14-3-1-2-4-14)20-9-13(10-20)21-7-12(18-19-21)8-22-16-5-6-17-22/h5-7,13-14H,1-4,8-11H2. The van der Waals surface area contributed by atoms with E-state index in [2.05, 4.69) is 20.5 Å². The molecule has 0 radical (unpaired) electrons. The molecule has 1 saturated heterocycles. The molecule has 2 fully saturated rings. The Kier molecular flexibility index (Phi) is 4.50. The Hall–Kier alpha value is -1.90. The SMILES string of the molecule is O=C(CSC1CCCC1)N1CC(n2cc(Cn3nccn3)nn2)C1. The van der Waals surface area contributed by atoms with E-state index in [9.17, 15) is 4.79 Å². The van der Waals surface area contributed by atoms with E-state index in [0.717, 1.165) is 18.8 Å². The van der Waals surface area contributed by atoms with Crippen molar-refractivity contribution in [2.45, 2.75) is 43.5 Å². The third-order valence-corrected chi connectivity index (χ3v) is 6.02. The Morgan fingerprint density at radius 3 is 2.71 bits per heavy atom. The van der Waals surface area contributed by atoms with E-state index < -0.39 is 0 Å². The number of hydrogen-bond donors (Lipinski definition) is 0. The van der Waals surface area contributed by atoms with Crippen LogP contribution in [0.3, 0.4) is 0 Å². The highest BCUT2D eigenvalue weighted by molar-refractivity contribution is 8.00. The smallest absolute Gasteiger partial charge is 0.232 e. The maximum absolute atomic E-state index is 12.2. The average molecular weight is 347 g/mol. The Bertz CT molecular complexity index is 674. The van der Waals surface area contributed by atoms with Crippen LogP contribution >= 0.6 is 11.8 Å². The molecule has 1 aliphatic carbocycles. The third kappa shape index (κ3) is 3.45. The van der Waals surface area contributed by atoms with Crippen molar-refractivity contribution in [3.63, 3.8) is 0 Å². The van der Waals surface area contributed by atoms with Crippen molar-refractivity contribution in [2.75, 3.05) is 18.8 Å². The number of nitrogens with zero attached hydrogens (tertiary/aromatic N) is 7. The Morgan fingerprint density at radius 1 is 1.21 bits per heavy atom. The van der Waals surface area contributed by atoms with E-state index in [1.807, 2.05) is 27.5 Å². The molecule has 4 rings (SSSR count). The third-order valence-electron chi connectivity index (χ3n) is 4.66. The first kappa shape index (κ1) is 15.6. The lowest BCUT2D eigenvalue weighted by Crippen LogP contribution is -2.51. The minimum absolute atomic E-state index is 0.234. The number of rotatable bonds is 6. The van der Waals surface area contributed by atoms with Crippen LogP contribution in [0.25, 0.3) is 0 Å². The minimum Gasteiger partial charge on any atom is -0.338 e. The summed E-state index contributed by atoms with van der Waals surface area (Å²) in [5.74, 6) is 0.870. The van der Waals surface area contributed by atoms with E-state index in [4.69, 9.17) is 0 Å². The molecule has 1 amide bonds. The van der Waals surface area contributed by atoms with Gasteiger partial charge in [0.1, 0.15) is 12.2 Å². The first-order chi connectivity index (χ1) is 11.8. The zero-order valence-corrected chi connectivity index (χ0v) is 14.3. The van der Waals surface area contributed by atoms with Crippen molar-refractivity contribution in [3.05, 3.63) is 24.3 Å². The Balaban J connectivity index is 1.23. The summed E-state index contributed by atoms with van der Waals surface area (Å²) < 4.78 is 1.85. The van der Waals surface area contributed by atoms with Crippen LogP contribution in [0.2, 0.25) is 0 Å². The number of amides is 1. The molecule has 0 unspecified atom stereocenters. The van der Waals surface area contributed by atoms with E-state index in [1.165, 1.54) is 25.7 Å². The van der Waals surface area contributed by atoms with Gasteiger partial charge in [0.25, 0.3) is 0 Å². The Morgan fingerprint density at radius 2 is 1.96 bits per heavy atom. The molecule has 3 heterocycles. The van der Waals surface area contributed by atoms with Gasteiger partial charge in [-0.3, -0.25) is 4.79 Å². The molecule has 0 bridgehead atoms. The number of carbonyl (C=O) groups is 1. The summed E-state index contributed by atoms with van der Waals surface area (Å²) >= 11 is 1.83. The summed E-state index contributed by atoms with van der Waals surface area (Å²) in [5.41, 5.74) is 0.827. The fourth-order valence-corrected chi connectivity index (χ4v) is 4.42. The zero-order valence-electron chi connectivity index (χ0n) is 13.5. The second kappa shape index (κ2) is 6.92. The first-order valence-electron chi connectivity index (χ1n) is 8.42. The summed E-state index contributed by atoms with van der Waals surface area (Å²) in [5, 5.41) is 17.2. The number of thioether (sulfide) groups is 1. The van der Waals surface area contributed by atoms with Crippen molar-refractivity contribution in [2.24, 2.45) is 0 Å². The minimum atomic E-state index is 0.234. The quantitative estimate of drug-likeness (QED) is 0.775. The maximum Gasteiger partial charge on any atom is 0.232 e. The fourth-order valence-electron chi connectivity index (χ4n) is 3.20. The molecule has 128 valence electrons. The zero-order chi connectivity index (χ0) is 16.4. The molecule has 2 aromatic heterocycles. The summed E-state index contributed by atoms with van der Waals surface area (Å²) in [6.45, 7) is 1.97. The lowest BCUT2D eigenvalue weighted by Gasteiger charge is -2.39. The molecule has 24 heavy (non-hydrogen) atoms. The molecule has 0 spiro atoms. The highest BCUT2D eigenvalue weighted by atomic mass is 32.2. The van der Waals surface area contributed by atoms with Gasteiger partial charge in [-0.05, 0) is 12.8 Å². The number of carbonyl (C=O) groups excluding carboxylic acids is 1. The monoisotopic (exact) mass is 347 g/mol. The molecule has 2 aromatic rings. The highest BCUT2D eigenvalue weighted by Gasteiger charge is 2.33. The van der Waals surface area contributed by atoms with Crippen molar-refractivity contribution >= 4 is 17.7 Å². The maximum atomic E-state index is 12.2. The van der Waals surface area contributed by atoms with Crippen LogP contribution in [0.1, 0.15) is 37.4 Å². The average Bonchev–Trinajstić information content (AvgIpc) is 3.27. The summed E-state index contributed by atoms with van der Waals surface area (Å²) in [6.07, 6.45) is 10.4. The van der Waals surface area contributed by atoms with Gasteiger partial charge in [-0.2, -0.15) is 15.0 Å². The molecule has 0 N–H and O–H groups in total. The predicted octanol–water partition coefficient (Wildman–Crippen LogP) is 0.977. The van der Waals surface area contributed by atoms with Crippen LogP contribution in [-0.2, 0) is 11.3 Å². The highest BCUT2D eigenvalue weighted by Crippen LogP contribution is 2.30. The van der Waals surface area contributed by atoms with Gasteiger partial charge < -0.3 is 4.90 Å². The van der Waals surface area contributed by atoms with Crippen LogP contribution in [0.4, 0.5) is 0 Å². The largest absolute Gasteiger partial charge is 0.338 e. The van der Waals surface area contributed by atoms with Gasteiger partial charge in [-0.1, -0.05) is 18.1 Å². The Labute approximate surface area is 144 Å². The van der Waals surface area contributed by atoms with Gasteiger partial charge in [0.05, 0.1) is 30.4 Å². The molecular formula is C15H21N7OS. The molecule has 2 aliphatic rings. The van der Waals surface area contributed by atoms with Gasteiger partial charge in [-0.25, -0.2) is 4.68 Å².